The molecule has 1 heterocycles. The summed E-state index contributed by atoms with van der Waals surface area (Å²) in [6.07, 6.45) is 1.58. The maximum absolute atomic E-state index is 11.2. The monoisotopic (exact) mass is 217 g/mol. The molecular weight excluding hydrogens is 206 g/mol. The van der Waals surface area contributed by atoms with Crippen LogP contribution < -0.4 is 11.5 Å². The SMILES string of the molecule is NC(=O)C1=Cc2ccccc2CN1C(N)=O. The van der Waals surface area contributed by atoms with Gasteiger partial charge >= 0.3 is 6.03 Å². The zero-order chi connectivity index (χ0) is 11.7. The minimum Gasteiger partial charge on any atom is -0.364 e. The summed E-state index contributed by atoms with van der Waals surface area (Å²) in [5, 5.41) is 0. The second-order valence-electron chi connectivity index (χ2n) is 3.52. The van der Waals surface area contributed by atoms with Gasteiger partial charge in [-0.25, -0.2) is 4.79 Å². The van der Waals surface area contributed by atoms with Gasteiger partial charge in [-0.1, -0.05) is 24.3 Å². The molecule has 82 valence electrons. The number of nitrogens with two attached hydrogens (primary N) is 2. The molecule has 3 amide bonds. The van der Waals surface area contributed by atoms with E-state index in [0.29, 0.717) is 0 Å². The fourth-order valence-electron chi connectivity index (χ4n) is 1.70. The summed E-state index contributed by atoms with van der Waals surface area (Å²) in [6, 6.07) is 6.77. The fraction of sp³-hybridized carbons (Fsp3) is 0.0909. The minimum atomic E-state index is -0.681. The number of nitrogens with zero attached hydrogens (tertiary/aromatic N) is 1. The highest BCUT2D eigenvalue weighted by molar-refractivity contribution is 6.00. The molecule has 0 saturated carbocycles. The van der Waals surface area contributed by atoms with Gasteiger partial charge in [-0.15, -0.1) is 0 Å². The number of carbonyl (C=O) groups is 2. The molecule has 1 aromatic carbocycles. The number of rotatable bonds is 1. The van der Waals surface area contributed by atoms with Crippen LogP contribution in [0.15, 0.2) is 30.0 Å². The lowest BCUT2D eigenvalue weighted by Gasteiger charge is -2.26. The highest BCUT2D eigenvalue weighted by Crippen LogP contribution is 2.23. The minimum absolute atomic E-state index is 0.131. The molecule has 1 aliphatic heterocycles. The van der Waals surface area contributed by atoms with Crippen molar-refractivity contribution in [3.8, 4) is 0 Å². The molecule has 0 saturated heterocycles. The van der Waals surface area contributed by atoms with Crippen molar-refractivity contribution in [2.45, 2.75) is 6.54 Å². The number of amides is 3. The zero-order valence-corrected chi connectivity index (χ0v) is 8.51. The smallest absolute Gasteiger partial charge is 0.319 e. The van der Waals surface area contributed by atoms with Crippen LogP contribution in [0.5, 0.6) is 0 Å². The average Bonchev–Trinajstić information content (AvgIpc) is 2.27. The van der Waals surface area contributed by atoms with Crippen LogP contribution in [0.25, 0.3) is 6.08 Å². The summed E-state index contributed by atoms with van der Waals surface area (Å²) in [7, 11) is 0. The maximum atomic E-state index is 11.2. The molecule has 1 aromatic rings. The first-order valence-electron chi connectivity index (χ1n) is 4.76. The van der Waals surface area contributed by atoms with E-state index in [0.717, 1.165) is 11.1 Å². The molecule has 5 nitrogen and oxygen atoms in total. The second-order valence-corrected chi connectivity index (χ2v) is 3.52. The van der Waals surface area contributed by atoms with E-state index in [1.807, 2.05) is 24.3 Å². The number of urea groups is 1. The Kier molecular flexibility index (Phi) is 2.36. The Morgan fingerprint density at radius 2 is 1.88 bits per heavy atom. The molecule has 0 spiro atoms. The van der Waals surface area contributed by atoms with Gasteiger partial charge in [-0.05, 0) is 17.2 Å². The van der Waals surface area contributed by atoms with Crippen LogP contribution in [0.4, 0.5) is 4.79 Å². The van der Waals surface area contributed by atoms with Gasteiger partial charge in [0.25, 0.3) is 5.91 Å². The summed E-state index contributed by atoms with van der Waals surface area (Å²) in [4.78, 5) is 23.5. The van der Waals surface area contributed by atoms with Crippen LogP contribution >= 0.6 is 0 Å². The number of fused-ring (bicyclic) bond motifs is 1. The lowest BCUT2D eigenvalue weighted by Crippen LogP contribution is -2.40. The zero-order valence-electron chi connectivity index (χ0n) is 8.51. The largest absolute Gasteiger partial charge is 0.364 e. The van der Waals surface area contributed by atoms with Gasteiger partial charge in [-0.3, -0.25) is 9.69 Å². The molecule has 4 N–H and O–H groups in total. The van der Waals surface area contributed by atoms with Crippen LogP contribution in [-0.4, -0.2) is 16.8 Å². The molecule has 5 heteroatoms. The lowest BCUT2D eigenvalue weighted by atomic mass is 10.0. The van der Waals surface area contributed by atoms with Crippen molar-refractivity contribution < 1.29 is 9.59 Å². The van der Waals surface area contributed by atoms with Crippen molar-refractivity contribution in [2.24, 2.45) is 11.5 Å². The van der Waals surface area contributed by atoms with E-state index in [1.165, 1.54) is 4.90 Å². The number of hydrogen-bond acceptors (Lipinski definition) is 2. The predicted molar refractivity (Wildman–Crippen MR) is 58.7 cm³/mol. The molecule has 0 aliphatic carbocycles. The average molecular weight is 217 g/mol. The van der Waals surface area contributed by atoms with Crippen molar-refractivity contribution in [2.75, 3.05) is 0 Å². The van der Waals surface area contributed by atoms with Crippen molar-refractivity contribution in [3.63, 3.8) is 0 Å². The highest BCUT2D eigenvalue weighted by Gasteiger charge is 2.24. The molecule has 16 heavy (non-hydrogen) atoms. The molecular formula is C11H11N3O2. The predicted octanol–water partition coefficient (Wildman–Crippen LogP) is 0.407. The van der Waals surface area contributed by atoms with Crippen LogP contribution in [0, 0.1) is 0 Å². The van der Waals surface area contributed by atoms with Crippen molar-refractivity contribution in [3.05, 3.63) is 41.1 Å². The van der Waals surface area contributed by atoms with Crippen LogP contribution in [0.1, 0.15) is 11.1 Å². The topological polar surface area (TPSA) is 89.4 Å². The third-order valence-corrected chi connectivity index (χ3v) is 2.49. The van der Waals surface area contributed by atoms with Gasteiger partial charge in [0.05, 0.1) is 6.54 Å². The third-order valence-electron chi connectivity index (χ3n) is 2.49. The van der Waals surface area contributed by atoms with Crippen molar-refractivity contribution in [1.29, 1.82) is 0 Å². The Bertz CT molecular complexity index is 494. The Balaban J connectivity index is 2.51. The maximum Gasteiger partial charge on any atom is 0.319 e. The molecule has 0 bridgehead atoms. The summed E-state index contributed by atoms with van der Waals surface area (Å²) in [5.74, 6) is -0.659. The standard InChI is InChI=1S/C11H11N3O2/c12-10(15)9-5-7-3-1-2-4-8(7)6-14(9)11(13)16/h1-5H,6H2,(H2,12,15)(H2,13,16). The lowest BCUT2D eigenvalue weighted by molar-refractivity contribution is -0.115. The second kappa shape index (κ2) is 3.69. The Morgan fingerprint density at radius 1 is 1.19 bits per heavy atom. The van der Waals surface area contributed by atoms with E-state index >= 15 is 0 Å². The first kappa shape index (κ1) is 10.2. The van der Waals surface area contributed by atoms with E-state index in [2.05, 4.69) is 0 Å². The summed E-state index contributed by atoms with van der Waals surface area (Å²) in [6.45, 7) is 0.278. The molecule has 2 rings (SSSR count). The van der Waals surface area contributed by atoms with Crippen LogP contribution in [0.3, 0.4) is 0 Å². The number of benzene rings is 1. The molecule has 0 aromatic heterocycles. The quantitative estimate of drug-likeness (QED) is 0.713. The van der Waals surface area contributed by atoms with E-state index in [1.54, 1.807) is 6.08 Å². The molecule has 0 fully saturated rings. The Labute approximate surface area is 92.3 Å². The summed E-state index contributed by atoms with van der Waals surface area (Å²) < 4.78 is 0. The van der Waals surface area contributed by atoms with Gasteiger partial charge in [-0.2, -0.15) is 0 Å². The Hall–Kier alpha value is -2.30. The van der Waals surface area contributed by atoms with Gasteiger partial charge < -0.3 is 11.5 Å². The summed E-state index contributed by atoms with van der Waals surface area (Å²) >= 11 is 0. The number of carbonyl (C=O) groups excluding carboxylic acids is 2. The summed E-state index contributed by atoms with van der Waals surface area (Å²) in [5.41, 5.74) is 12.3. The third kappa shape index (κ3) is 1.63. The first-order chi connectivity index (χ1) is 7.59. The van der Waals surface area contributed by atoms with Crippen molar-refractivity contribution >= 4 is 18.0 Å². The number of primary amides is 2. The van der Waals surface area contributed by atoms with E-state index < -0.39 is 11.9 Å². The van der Waals surface area contributed by atoms with Gasteiger partial charge in [0.2, 0.25) is 0 Å². The normalized spacial score (nSPS) is 14.0. The highest BCUT2D eigenvalue weighted by atomic mass is 16.2. The van der Waals surface area contributed by atoms with E-state index in [4.69, 9.17) is 11.5 Å². The van der Waals surface area contributed by atoms with Gasteiger partial charge in [0.1, 0.15) is 5.70 Å². The van der Waals surface area contributed by atoms with Gasteiger partial charge in [0.15, 0.2) is 0 Å². The Morgan fingerprint density at radius 3 is 2.50 bits per heavy atom. The fourth-order valence-corrected chi connectivity index (χ4v) is 1.70. The molecule has 0 unspecified atom stereocenters. The number of hydrogen-bond donors (Lipinski definition) is 2. The molecule has 0 radical (unpaired) electrons. The molecule has 0 atom stereocenters. The van der Waals surface area contributed by atoms with Crippen LogP contribution in [-0.2, 0) is 11.3 Å². The van der Waals surface area contributed by atoms with E-state index in [-0.39, 0.29) is 12.2 Å². The van der Waals surface area contributed by atoms with Gasteiger partial charge in [0, 0.05) is 0 Å². The first-order valence-corrected chi connectivity index (χ1v) is 4.76. The molecule has 1 aliphatic rings. The van der Waals surface area contributed by atoms with Crippen LogP contribution in [0.2, 0.25) is 0 Å². The van der Waals surface area contributed by atoms with E-state index in [9.17, 15) is 9.59 Å². The van der Waals surface area contributed by atoms with Crippen molar-refractivity contribution in [1.82, 2.24) is 4.90 Å².